The van der Waals surface area contributed by atoms with Crippen LogP contribution < -0.4 is 16.6 Å². The van der Waals surface area contributed by atoms with E-state index in [0.717, 1.165) is 22.0 Å². The van der Waals surface area contributed by atoms with Crippen molar-refractivity contribution in [3.05, 3.63) is 64.4 Å². The summed E-state index contributed by atoms with van der Waals surface area (Å²) in [7, 11) is 0. The van der Waals surface area contributed by atoms with E-state index in [-0.39, 0.29) is 17.6 Å². The van der Waals surface area contributed by atoms with Crippen LogP contribution in [0.5, 0.6) is 0 Å². The van der Waals surface area contributed by atoms with Crippen molar-refractivity contribution in [3.8, 4) is 0 Å². The second kappa shape index (κ2) is 9.39. The first kappa shape index (κ1) is 20.6. The Morgan fingerprint density at radius 1 is 1.34 bits per heavy atom. The third kappa shape index (κ3) is 5.46. The third-order valence-corrected chi connectivity index (χ3v) is 4.92. The monoisotopic (exact) mass is 433 g/mol. The molecule has 1 aromatic heterocycles. The summed E-state index contributed by atoms with van der Waals surface area (Å²) < 4.78 is 14.7. The van der Waals surface area contributed by atoms with Crippen LogP contribution in [-0.4, -0.2) is 32.7 Å². The number of thioether (sulfide) groups is 1. The quantitative estimate of drug-likeness (QED) is 0.228. The van der Waals surface area contributed by atoms with E-state index in [4.69, 9.17) is 17.4 Å². The van der Waals surface area contributed by atoms with Gasteiger partial charge in [-0.25, -0.2) is 14.5 Å². The van der Waals surface area contributed by atoms with Crippen LogP contribution in [0.2, 0.25) is 5.02 Å². The van der Waals surface area contributed by atoms with Gasteiger partial charge in [-0.3, -0.25) is 4.79 Å². The molecule has 29 heavy (non-hydrogen) atoms. The van der Waals surface area contributed by atoms with Crippen LogP contribution in [0, 0.1) is 12.7 Å². The molecule has 0 aliphatic rings. The molecule has 0 unspecified atom stereocenters. The molecular weight excluding hydrogens is 417 g/mol. The zero-order valence-electron chi connectivity index (χ0n) is 15.3. The van der Waals surface area contributed by atoms with Crippen molar-refractivity contribution in [2.45, 2.75) is 12.1 Å². The summed E-state index contributed by atoms with van der Waals surface area (Å²) in [6.07, 6.45) is 1.30. The van der Waals surface area contributed by atoms with Crippen molar-refractivity contribution in [1.29, 1.82) is 0 Å². The Morgan fingerprint density at radius 2 is 2.14 bits per heavy atom. The number of hydrazone groups is 1. The molecule has 0 aliphatic carbocycles. The lowest BCUT2D eigenvalue weighted by atomic mass is 10.2. The number of nitrogens with one attached hydrogen (secondary N) is 2. The number of carbonyl (C=O) groups is 1. The molecule has 3 rings (SSSR count). The fourth-order valence-corrected chi connectivity index (χ4v) is 3.06. The minimum Gasteiger partial charge on any atom is -0.334 e. The molecule has 0 atom stereocenters. The molecule has 150 valence electrons. The fourth-order valence-electron chi connectivity index (χ4n) is 2.24. The summed E-state index contributed by atoms with van der Waals surface area (Å²) in [6, 6.07) is 11.4. The molecule has 0 saturated carbocycles. The Morgan fingerprint density at radius 3 is 2.93 bits per heavy atom. The van der Waals surface area contributed by atoms with Gasteiger partial charge in [0.15, 0.2) is 0 Å². The van der Waals surface area contributed by atoms with Gasteiger partial charge in [-0.05, 0) is 30.7 Å². The molecule has 3 aromatic rings. The average molecular weight is 434 g/mol. The summed E-state index contributed by atoms with van der Waals surface area (Å²) >= 11 is 7.06. The van der Waals surface area contributed by atoms with Crippen molar-refractivity contribution in [2.24, 2.45) is 5.10 Å². The smallest absolute Gasteiger partial charge is 0.264 e. The summed E-state index contributed by atoms with van der Waals surface area (Å²) in [5.41, 5.74) is 4.44. The molecule has 0 saturated heterocycles. The van der Waals surface area contributed by atoms with Gasteiger partial charge in [0.2, 0.25) is 11.1 Å². The van der Waals surface area contributed by atoms with Crippen LogP contribution in [0.25, 0.3) is 0 Å². The minimum atomic E-state index is -0.399. The van der Waals surface area contributed by atoms with Crippen molar-refractivity contribution >= 4 is 47.1 Å². The standard InChI is InChI=1S/C18H17ClFN7OS/c1-11-6-7-13(19)8-15(11)23-16(28)10-29-18-26-25-17(27(18)21)24-22-9-12-4-2-3-5-14(12)20/h2-9H,10,21H2,1H3,(H,23,28)(H,24,25)/b22-9+. The van der Waals surface area contributed by atoms with Crippen LogP contribution in [0.1, 0.15) is 11.1 Å². The number of nitrogens with two attached hydrogens (primary N) is 1. The second-order valence-electron chi connectivity index (χ2n) is 5.86. The topological polar surface area (TPSA) is 110 Å². The van der Waals surface area contributed by atoms with E-state index in [0.29, 0.717) is 21.4 Å². The number of hydrogen-bond donors (Lipinski definition) is 3. The molecule has 0 fully saturated rings. The van der Waals surface area contributed by atoms with Gasteiger partial charge in [-0.1, -0.05) is 47.6 Å². The summed E-state index contributed by atoms with van der Waals surface area (Å²) in [5.74, 6) is 5.48. The molecule has 0 radical (unpaired) electrons. The Bertz CT molecular complexity index is 1060. The Hall–Kier alpha value is -3.11. The highest BCUT2D eigenvalue weighted by molar-refractivity contribution is 7.99. The number of amides is 1. The van der Waals surface area contributed by atoms with E-state index in [1.165, 1.54) is 12.3 Å². The Kier molecular flexibility index (Phi) is 6.68. The highest BCUT2D eigenvalue weighted by atomic mass is 35.5. The van der Waals surface area contributed by atoms with E-state index in [9.17, 15) is 9.18 Å². The SMILES string of the molecule is Cc1ccc(Cl)cc1NC(=O)CSc1nnc(N/N=C/c2ccccc2F)n1N. The van der Waals surface area contributed by atoms with E-state index >= 15 is 0 Å². The van der Waals surface area contributed by atoms with Crippen molar-refractivity contribution < 1.29 is 9.18 Å². The van der Waals surface area contributed by atoms with Gasteiger partial charge in [0.25, 0.3) is 5.95 Å². The zero-order valence-corrected chi connectivity index (χ0v) is 16.8. The molecule has 2 aromatic carbocycles. The Labute approximate surface area is 175 Å². The second-order valence-corrected chi connectivity index (χ2v) is 7.24. The van der Waals surface area contributed by atoms with Gasteiger partial charge in [-0.15, -0.1) is 10.2 Å². The number of rotatable bonds is 7. The van der Waals surface area contributed by atoms with E-state index in [1.54, 1.807) is 30.3 Å². The van der Waals surface area contributed by atoms with Gasteiger partial charge in [0, 0.05) is 16.3 Å². The largest absolute Gasteiger partial charge is 0.334 e. The lowest BCUT2D eigenvalue weighted by Crippen LogP contribution is -2.17. The Balaban J connectivity index is 1.56. The normalized spacial score (nSPS) is 11.0. The highest BCUT2D eigenvalue weighted by Gasteiger charge is 2.13. The van der Waals surface area contributed by atoms with Gasteiger partial charge in [0.1, 0.15) is 5.82 Å². The maximum atomic E-state index is 13.6. The van der Waals surface area contributed by atoms with Crippen molar-refractivity contribution in [3.63, 3.8) is 0 Å². The third-order valence-electron chi connectivity index (χ3n) is 3.74. The molecule has 0 spiro atoms. The average Bonchev–Trinajstić information content (AvgIpc) is 3.04. The van der Waals surface area contributed by atoms with E-state index in [2.05, 4.69) is 26.0 Å². The predicted molar refractivity (Wildman–Crippen MR) is 113 cm³/mol. The number of aryl methyl sites for hydroxylation is 1. The lowest BCUT2D eigenvalue weighted by Gasteiger charge is -2.08. The van der Waals surface area contributed by atoms with E-state index < -0.39 is 5.82 Å². The fraction of sp³-hybridized carbons (Fsp3) is 0.111. The molecule has 0 aliphatic heterocycles. The number of nitrogen functional groups attached to an aromatic ring is 1. The maximum Gasteiger partial charge on any atom is 0.264 e. The molecule has 8 nitrogen and oxygen atoms in total. The number of carbonyl (C=O) groups excluding carboxylic acids is 1. The molecule has 1 amide bonds. The number of anilines is 2. The zero-order chi connectivity index (χ0) is 20.8. The summed E-state index contributed by atoms with van der Waals surface area (Å²) in [6.45, 7) is 1.87. The van der Waals surface area contributed by atoms with Gasteiger partial charge >= 0.3 is 0 Å². The molecule has 1 heterocycles. The van der Waals surface area contributed by atoms with Crippen LogP contribution in [0.3, 0.4) is 0 Å². The number of halogens is 2. The first-order valence-corrected chi connectivity index (χ1v) is 9.73. The van der Waals surface area contributed by atoms with Crippen LogP contribution in [-0.2, 0) is 4.79 Å². The minimum absolute atomic E-state index is 0.0692. The first-order chi connectivity index (χ1) is 13.9. The molecule has 4 N–H and O–H groups in total. The number of hydrogen-bond acceptors (Lipinski definition) is 7. The summed E-state index contributed by atoms with van der Waals surface area (Å²) in [5, 5.41) is 15.3. The van der Waals surface area contributed by atoms with Crippen LogP contribution in [0.4, 0.5) is 16.0 Å². The van der Waals surface area contributed by atoms with Crippen LogP contribution >= 0.6 is 23.4 Å². The highest BCUT2D eigenvalue weighted by Crippen LogP contribution is 2.21. The summed E-state index contributed by atoms with van der Waals surface area (Å²) in [4.78, 5) is 12.2. The number of benzene rings is 2. The number of aromatic nitrogens is 3. The van der Waals surface area contributed by atoms with Crippen LogP contribution in [0.15, 0.2) is 52.7 Å². The molecule has 0 bridgehead atoms. The molecule has 11 heteroatoms. The first-order valence-electron chi connectivity index (χ1n) is 8.37. The van der Waals surface area contributed by atoms with Gasteiger partial charge < -0.3 is 11.2 Å². The van der Waals surface area contributed by atoms with Gasteiger partial charge in [-0.2, -0.15) is 5.10 Å². The van der Waals surface area contributed by atoms with Crippen molar-refractivity contribution in [1.82, 2.24) is 14.9 Å². The van der Waals surface area contributed by atoms with Gasteiger partial charge in [0.05, 0.1) is 12.0 Å². The maximum absolute atomic E-state index is 13.6. The lowest BCUT2D eigenvalue weighted by molar-refractivity contribution is -0.113. The molecular formula is C18H17ClFN7OS. The van der Waals surface area contributed by atoms with Crippen molar-refractivity contribution in [2.75, 3.05) is 22.3 Å². The number of nitrogens with zero attached hydrogens (tertiary/aromatic N) is 4. The predicted octanol–water partition coefficient (Wildman–Crippen LogP) is 3.27. The van der Waals surface area contributed by atoms with E-state index in [1.807, 2.05) is 13.0 Å².